The highest BCUT2D eigenvalue weighted by Gasteiger charge is 2.15. The second-order valence-electron chi connectivity index (χ2n) is 4.52. The molecule has 1 heterocycles. The molecule has 0 amide bonds. The molecule has 1 atom stereocenters. The van der Waals surface area contributed by atoms with Gasteiger partial charge in [0, 0.05) is 29.9 Å². The van der Waals surface area contributed by atoms with E-state index in [2.05, 4.69) is 16.0 Å². The lowest BCUT2D eigenvalue weighted by atomic mass is 10.1. The van der Waals surface area contributed by atoms with Crippen LogP contribution in [0.4, 0.5) is 0 Å². The summed E-state index contributed by atoms with van der Waals surface area (Å²) in [7, 11) is 0. The minimum Gasteiger partial charge on any atom is -0.465 e. The molecular formula is C16H17N3O2. The van der Waals surface area contributed by atoms with E-state index in [1.54, 1.807) is 6.92 Å². The Morgan fingerprint density at radius 3 is 3.10 bits per heavy atom. The number of H-pyrrole nitrogens is 1. The van der Waals surface area contributed by atoms with Crippen LogP contribution in [-0.4, -0.2) is 30.3 Å². The summed E-state index contributed by atoms with van der Waals surface area (Å²) in [5.74, 6) is -1.47. The summed E-state index contributed by atoms with van der Waals surface area (Å²) in [6.07, 6.45) is 4.08. The number of nitriles is 1. The second-order valence-corrected chi connectivity index (χ2v) is 4.52. The van der Waals surface area contributed by atoms with Crippen molar-refractivity contribution in [1.29, 1.82) is 5.26 Å². The van der Waals surface area contributed by atoms with E-state index in [1.807, 2.05) is 30.5 Å². The summed E-state index contributed by atoms with van der Waals surface area (Å²) in [5.41, 5.74) is 2.27. The van der Waals surface area contributed by atoms with Gasteiger partial charge in [-0.25, -0.2) is 0 Å². The Bertz CT molecular complexity index is 682. The zero-order valence-corrected chi connectivity index (χ0v) is 11.9. The van der Waals surface area contributed by atoms with Crippen LogP contribution in [0.2, 0.25) is 0 Å². The topological polar surface area (TPSA) is 78.2 Å². The summed E-state index contributed by atoms with van der Waals surface area (Å²) >= 11 is 0. The van der Waals surface area contributed by atoms with Crippen LogP contribution in [0.3, 0.4) is 0 Å². The number of nitrogens with zero attached hydrogens (tertiary/aromatic N) is 2. The zero-order chi connectivity index (χ0) is 15.1. The molecule has 1 N–H and O–H groups in total. The molecule has 21 heavy (non-hydrogen) atoms. The Morgan fingerprint density at radius 2 is 2.33 bits per heavy atom. The lowest BCUT2D eigenvalue weighted by Crippen LogP contribution is -2.17. The number of rotatable bonds is 6. The third kappa shape index (κ3) is 3.69. The smallest absolute Gasteiger partial charge is 0.328 e. The molecule has 1 aromatic heterocycles. The lowest BCUT2D eigenvalue weighted by molar-refractivity contribution is -0.143. The van der Waals surface area contributed by atoms with Gasteiger partial charge in [-0.3, -0.25) is 9.79 Å². The number of carbonyl (C=O) groups is 1. The number of nitrogens with one attached hydrogen (secondary N) is 1. The number of hydrogen-bond acceptors (Lipinski definition) is 4. The summed E-state index contributed by atoms with van der Waals surface area (Å²) in [6, 6.07) is 9.94. The highest BCUT2D eigenvalue weighted by molar-refractivity contribution is 5.92. The maximum atomic E-state index is 11.4. The van der Waals surface area contributed by atoms with Crippen molar-refractivity contribution >= 4 is 23.1 Å². The van der Waals surface area contributed by atoms with E-state index in [0.29, 0.717) is 6.54 Å². The van der Waals surface area contributed by atoms with Gasteiger partial charge in [0.15, 0.2) is 5.92 Å². The summed E-state index contributed by atoms with van der Waals surface area (Å²) in [4.78, 5) is 18.8. The lowest BCUT2D eigenvalue weighted by Gasteiger charge is -2.02. The van der Waals surface area contributed by atoms with Gasteiger partial charge in [-0.2, -0.15) is 5.26 Å². The highest BCUT2D eigenvalue weighted by Crippen LogP contribution is 2.17. The fourth-order valence-corrected chi connectivity index (χ4v) is 2.08. The Morgan fingerprint density at radius 1 is 1.52 bits per heavy atom. The van der Waals surface area contributed by atoms with Crippen molar-refractivity contribution in [1.82, 2.24) is 4.98 Å². The molecule has 0 unspecified atom stereocenters. The number of fused-ring (bicyclic) bond motifs is 1. The van der Waals surface area contributed by atoms with Crippen molar-refractivity contribution in [3.63, 3.8) is 0 Å². The number of carbonyl (C=O) groups excluding carboxylic acids is 1. The van der Waals surface area contributed by atoms with Gasteiger partial charge in [-0.15, -0.1) is 0 Å². The zero-order valence-electron chi connectivity index (χ0n) is 11.9. The van der Waals surface area contributed by atoms with Crippen molar-refractivity contribution in [3.05, 3.63) is 36.0 Å². The van der Waals surface area contributed by atoms with E-state index in [4.69, 9.17) is 10.00 Å². The molecule has 108 valence electrons. The van der Waals surface area contributed by atoms with E-state index in [1.165, 1.54) is 17.2 Å². The quantitative estimate of drug-likeness (QED) is 0.653. The number of benzene rings is 1. The van der Waals surface area contributed by atoms with Crippen LogP contribution in [0.25, 0.3) is 10.9 Å². The standard InChI is InChI=1S/C16H17N3O2/c1-2-21-16(20)13(9-17)10-18-8-7-12-11-19-15-6-4-3-5-14(12)15/h3-6,10-11,13,19H,2,7-8H2,1H3/t13-/m0/s1. The predicted molar refractivity (Wildman–Crippen MR) is 81.1 cm³/mol. The van der Waals surface area contributed by atoms with Crippen molar-refractivity contribution in [2.24, 2.45) is 10.9 Å². The number of hydrogen-bond donors (Lipinski definition) is 1. The molecule has 0 aliphatic heterocycles. The van der Waals surface area contributed by atoms with Gasteiger partial charge >= 0.3 is 5.97 Å². The van der Waals surface area contributed by atoms with E-state index in [9.17, 15) is 4.79 Å². The fraction of sp³-hybridized carbons (Fsp3) is 0.312. The van der Waals surface area contributed by atoms with E-state index in [-0.39, 0.29) is 6.61 Å². The first-order chi connectivity index (χ1) is 10.3. The van der Waals surface area contributed by atoms with Gasteiger partial charge in [0.05, 0.1) is 12.7 Å². The van der Waals surface area contributed by atoms with E-state index < -0.39 is 11.9 Å². The number of esters is 1. The van der Waals surface area contributed by atoms with Crippen molar-refractivity contribution in [2.75, 3.05) is 13.2 Å². The van der Waals surface area contributed by atoms with Gasteiger partial charge in [0.2, 0.25) is 0 Å². The number of para-hydroxylation sites is 1. The number of ether oxygens (including phenoxy) is 1. The number of aromatic nitrogens is 1. The van der Waals surface area contributed by atoms with Crippen LogP contribution >= 0.6 is 0 Å². The van der Waals surface area contributed by atoms with E-state index in [0.717, 1.165) is 11.9 Å². The first-order valence-electron chi connectivity index (χ1n) is 6.87. The maximum absolute atomic E-state index is 11.4. The first kappa shape index (κ1) is 14.8. The van der Waals surface area contributed by atoms with Crippen LogP contribution in [0.1, 0.15) is 12.5 Å². The SMILES string of the molecule is CCOC(=O)[C@@H](C#N)C=NCCc1c[nH]c2ccccc12. The minimum absolute atomic E-state index is 0.264. The molecule has 0 fully saturated rings. The summed E-state index contributed by atoms with van der Waals surface area (Å²) in [5, 5.41) is 10.1. The molecule has 0 saturated carbocycles. The molecule has 0 radical (unpaired) electrons. The highest BCUT2D eigenvalue weighted by atomic mass is 16.5. The average molecular weight is 283 g/mol. The van der Waals surface area contributed by atoms with Gasteiger partial charge in [-0.05, 0) is 25.0 Å². The first-order valence-corrected chi connectivity index (χ1v) is 6.87. The van der Waals surface area contributed by atoms with Crippen LogP contribution < -0.4 is 0 Å². The molecule has 2 aromatic rings. The monoisotopic (exact) mass is 283 g/mol. The minimum atomic E-state index is -0.923. The molecule has 0 saturated heterocycles. The second kappa shape index (κ2) is 7.25. The molecule has 5 nitrogen and oxygen atoms in total. The third-order valence-corrected chi connectivity index (χ3v) is 3.12. The van der Waals surface area contributed by atoms with E-state index >= 15 is 0 Å². The van der Waals surface area contributed by atoms with Crippen LogP contribution in [0.15, 0.2) is 35.5 Å². The van der Waals surface area contributed by atoms with Crippen LogP contribution in [-0.2, 0) is 16.0 Å². The van der Waals surface area contributed by atoms with Crippen LogP contribution in [0, 0.1) is 17.2 Å². The Hall–Kier alpha value is -2.61. The third-order valence-electron chi connectivity index (χ3n) is 3.12. The number of aliphatic imine (C=N–C) groups is 1. The van der Waals surface area contributed by atoms with Crippen molar-refractivity contribution in [3.8, 4) is 6.07 Å². The normalized spacial score (nSPS) is 12.4. The van der Waals surface area contributed by atoms with Gasteiger partial charge < -0.3 is 9.72 Å². The molecule has 0 spiro atoms. The Balaban J connectivity index is 1.93. The largest absolute Gasteiger partial charge is 0.465 e. The van der Waals surface area contributed by atoms with Crippen LogP contribution in [0.5, 0.6) is 0 Å². The number of aromatic amines is 1. The molecule has 2 rings (SSSR count). The molecule has 0 aliphatic carbocycles. The summed E-state index contributed by atoms with van der Waals surface area (Å²) < 4.78 is 4.80. The summed E-state index contributed by atoms with van der Waals surface area (Å²) in [6.45, 7) is 2.50. The Labute approximate surface area is 123 Å². The molecule has 0 bridgehead atoms. The average Bonchev–Trinajstić information content (AvgIpc) is 2.91. The maximum Gasteiger partial charge on any atom is 0.328 e. The predicted octanol–water partition coefficient (Wildman–Crippen LogP) is 2.48. The fourth-order valence-electron chi connectivity index (χ4n) is 2.08. The molecular weight excluding hydrogens is 266 g/mol. The van der Waals surface area contributed by atoms with Crippen molar-refractivity contribution < 1.29 is 9.53 Å². The molecule has 5 heteroatoms. The van der Waals surface area contributed by atoms with Gasteiger partial charge in [0.25, 0.3) is 0 Å². The van der Waals surface area contributed by atoms with Crippen molar-refractivity contribution in [2.45, 2.75) is 13.3 Å². The molecule has 0 aliphatic rings. The molecule has 1 aromatic carbocycles. The Kier molecular flexibility index (Phi) is 5.10. The van der Waals surface area contributed by atoms with Gasteiger partial charge in [0.1, 0.15) is 0 Å². The van der Waals surface area contributed by atoms with Gasteiger partial charge in [-0.1, -0.05) is 18.2 Å².